The van der Waals surface area contributed by atoms with E-state index >= 15 is 0 Å². The number of piperidine rings is 1. The number of halogens is 3. The number of hydrogen-bond acceptors (Lipinski definition) is 4. The smallest absolute Gasteiger partial charge is 0.368 e. The van der Waals surface area contributed by atoms with E-state index in [9.17, 15) is 22.8 Å². The van der Waals surface area contributed by atoms with Crippen LogP contribution in [0.25, 0.3) is 0 Å². The van der Waals surface area contributed by atoms with E-state index in [1.54, 1.807) is 12.1 Å². The van der Waals surface area contributed by atoms with Gasteiger partial charge in [0.15, 0.2) is 0 Å². The van der Waals surface area contributed by atoms with Gasteiger partial charge >= 0.3 is 12.1 Å². The molecule has 2 heterocycles. The van der Waals surface area contributed by atoms with Crippen LogP contribution in [0.5, 0.6) is 0 Å². The number of carbonyl (C=O) groups is 2. The van der Waals surface area contributed by atoms with Gasteiger partial charge in [-0.1, -0.05) is 0 Å². The fraction of sp³-hybridized carbons (Fsp3) is 0.579. The Labute approximate surface area is 162 Å². The first kappa shape index (κ1) is 20.4. The van der Waals surface area contributed by atoms with Crippen LogP contribution in [0.3, 0.4) is 0 Å². The van der Waals surface area contributed by atoms with Gasteiger partial charge in [-0.15, -0.1) is 0 Å². The maximum Gasteiger partial charge on any atom is 0.471 e. The van der Waals surface area contributed by atoms with E-state index in [0.717, 1.165) is 36.5 Å². The van der Waals surface area contributed by atoms with Crippen LogP contribution in [0.1, 0.15) is 12.8 Å². The first-order valence-electron chi connectivity index (χ1n) is 9.44. The summed E-state index contributed by atoms with van der Waals surface area (Å²) in [6, 6.07) is 7.28. The number of carbonyl (C=O) groups excluding carboxylic acids is 2. The highest BCUT2D eigenvalue weighted by atomic mass is 19.4. The maximum absolute atomic E-state index is 12.5. The van der Waals surface area contributed by atoms with Crippen LogP contribution >= 0.6 is 0 Å². The molecule has 154 valence electrons. The topological polar surface area (TPSA) is 55.9 Å². The zero-order chi connectivity index (χ0) is 20.3. The average molecular weight is 398 g/mol. The molecule has 0 atom stereocenters. The standard InChI is InChI=1S/C19H25F3N4O2/c1-24-8-6-14(7-9-24)17(27)23-15-2-4-16(5-3-15)25-10-12-26(13-11-25)18(28)19(20,21)22/h2-5,14H,6-13H2,1H3,(H,23,27). The van der Waals surface area contributed by atoms with Gasteiger partial charge in [0, 0.05) is 43.5 Å². The lowest BCUT2D eigenvalue weighted by Crippen LogP contribution is -2.52. The fourth-order valence-electron chi connectivity index (χ4n) is 3.62. The van der Waals surface area contributed by atoms with Gasteiger partial charge in [0.25, 0.3) is 0 Å². The van der Waals surface area contributed by atoms with E-state index in [0.29, 0.717) is 18.8 Å². The molecule has 0 spiro atoms. The normalized spacial score (nSPS) is 19.6. The lowest BCUT2D eigenvalue weighted by molar-refractivity contribution is -0.185. The van der Waals surface area contributed by atoms with Crippen LogP contribution in [0.15, 0.2) is 24.3 Å². The monoisotopic (exact) mass is 398 g/mol. The van der Waals surface area contributed by atoms with Crippen molar-refractivity contribution in [1.29, 1.82) is 0 Å². The predicted octanol–water partition coefficient (Wildman–Crippen LogP) is 2.18. The second-order valence-corrected chi connectivity index (χ2v) is 7.39. The quantitative estimate of drug-likeness (QED) is 0.848. The number of nitrogens with one attached hydrogen (secondary N) is 1. The number of anilines is 2. The average Bonchev–Trinajstić information content (AvgIpc) is 2.68. The number of benzene rings is 1. The number of alkyl halides is 3. The molecule has 2 aliphatic heterocycles. The molecule has 9 heteroatoms. The van der Waals surface area contributed by atoms with Crippen molar-refractivity contribution in [1.82, 2.24) is 9.80 Å². The van der Waals surface area contributed by atoms with Gasteiger partial charge in [-0.2, -0.15) is 13.2 Å². The SMILES string of the molecule is CN1CCC(C(=O)Nc2ccc(N3CCN(C(=O)C(F)(F)F)CC3)cc2)CC1. The highest BCUT2D eigenvalue weighted by molar-refractivity contribution is 5.92. The summed E-state index contributed by atoms with van der Waals surface area (Å²) in [4.78, 5) is 28.7. The van der Waals surface area contributed by atoms with E-state index in [4.69, 9.17) is 0 Å². The van der Waals surface area contributed by atoms with E-state index < -0.39 is 12.1 Å². The molecule has 2 amide bonds. The number of nitrogens with zero attached hydrogens (tertiary/aromatic N) is 3. The van der Waals surface area contributed by atoms with Crippen molar-refractivity contribution in [3.63, 3.8) is 0 Å². The summed E-state index contributed by atoms with van der Waals surface area (Å²) in [5.41, 5.74) is 1.56. The Morgan fingerprint density at radius 1 is 0.964 bits per heavy atom. The molecule has 0 saturated carbocycles. The lowest BCUT2D eigenvalue weighted by atomic mass is 9.96. The summed E-state index contributed by atoms with van der Waals surface area (Å²) in [6.45, 7) is 2.58. The second-order valence-electron chi connectivity index (χ2n) is 7.39. The molecular formula is C19H25F3N4O2. The first-order valence-corrected chi connectivity index (χ1v) is 9.44. The van der Waals surface area contributed by atoms with Gasteiger partial charge < -0.3 is 20.0 Å². The van der Waals surface area contributed by atoms with E-state index in [1.807, 2.05) is 24.1 Å². The molecule has 28 heavy (non-hydrogen) atoms. The molecule has 1 N–H and O–H groups in total. The number of hydrogen-bond donors (Lipinski definition) is 1. The highest BCUT2D eigenvalue weighted by Crippen LogP contribution is 2.24. The number of rotatable bonds is 3. The highest BCUT2D eigenvalue weighted by Gasteiger charge is 2.43. The summed E-state index contributed by atoms with van der Waals surface area (Å²) < 4.78 is 37.5. The Balaban J connectivity index is 1.51. The van der Waals surface area contributed by atoms with E-state index in [-0.39, 0.29) is 24.9 Å². The summed E-state index contributed by atoms with van der Waals surface area (Å²) in [6.07, 6.45) is -3.13. The summed E-state index contributed by atoms with van der Waals surface area (Å²) in [5, 5.41) is 2.94. The molecule has 2 saturated heterocycles. The zero-order valence-electron chi connectivity index (χ0n) is 15.8. The molecule has 1 aromatic rings. The molecule has 0 bridgehead atoms. The third kappa shape index (κ3) is 4.95. The third-order valence-electron chi connectivity index (χ3n) is 5.40. The molecule has 0 aromatic heterocycles. The van der Waals surface area contributed by atoms with E-state index in [1.165, 1.54) is 0 Å². The minimum Gasteiger partial charge on any atom is -0.368 e. The lowest BCUT2D eigenvalue weighted by Gasteiger charge is -2.36. The van der Waals surface area contributed by atoms with Gasteiger partial charge in [0.1, 0.15) is 0 Å². The van der Waals surface area contributed by atoms with Crippen molar-refractivity contribution in [2.75, 3.05) is 56.5 Å². The number of amides is 2. The Hall–Kier alpha value is -2.29. The summed E-state index contributed by atoms with van der Waals surface area (Å²) in [7, 11) is 2.05. The first-order chi connectivity index (χ1) is 13.2. The maximum atomic E-state index is 12.5. The second kappa shape index (κ2) is 8.38. The van der Waals surface area contributed by atoms with Gasteiger partial charge in [-0.3, -0.25) is 9.59 Å². The van der Waals surface area contributed by atoms with Gasteiger partial charge in [0.05, 0.1) is 0 Å². The molecule has 6 nitrogen and oxygen atoms in total. The van der Waals surface area contributed by atoms with Crippen molar-refractivity contribution in [3.8, 4) is 0 Å². The fourth-order valence-corrected chi connectivity index (χ4v) is 3.62. The molecule has 2 aliphatic rings. The Bertz CT molecular complexity index is 692. The van der Waals surface area contributed by atoms with Crippen LogP contribution in [-0.2, 0) is 9.59 Å². The van der Waals surface area contributed by atoms with Crippen molar-refractivity contribution in [2.24, 2.45) is 5.92 Å². The number of piperazine rings is 1. The predicted molar refractivity (Wildman–Crippen MR) is 100 cm³/mol. The zero-order valence-corrected chi connectivity index (χ0v) is 15.8. The molecular weight excluding hydrogens is 373 g/mol. The molecule has 2 fully saturated rings. The Morgan fingerprint density at radius 3 is 2.07 bits per heavy atom. The van der Waals surface area contributed by atoms with Crippen molar-refractivity contribution >= 4 is 23.2 Å². The molecule has 0 unspecified atom stereocenters. The molecule has 1 aromatic carbocycles. The summed E-state index contributed by atoms with van der Waals surface area (Å²) >= 11 is 0. The largest absolute Gasteiger partial charge is 0.471 e. The van der Waals surface area contributed by atoms with Crippen LogP contribution in [0.4, 0.5) is 24.5 Å². The van der Waals surface area contributed by atoms with E-state index in [2.05, 4.69) is 10.2 Å². The van der Waals surface area contributed by atoms with Gasteiger partial charge in [0.2, 0.25) is 5.91 Å². The summed E-state index contributed by atoms with van der Waals surface area (Å²) in [5.74, 6) is -1.73. The Morgan fingerprint density at radius 2 is 1.54 bits per heavy atom. The van der Waals surface area contributed by atoms with Gasteiger partial charge in [-0.25, -0.2) is 0 Å². The molecule has 3 rings (SSSR count). The van der Waals surface area contributed by atoms with Crippen molar-refractivity contribution in [3.05, 3.63) is 24.3 Å². The van der Waals surface area contributed by atoms with Crippen LogP contribution in [-0.4, -0.2) is 74.1 Å². The third-order valence-corrected chi connectivity index (χ3v) is 5.40. The minimum atomic E-state index is -4.82. The van der Waals surface area contributed by atoms with Crippen LogP contribution in [0, 0.1) is 5.92 Å². The van der Waals surface area contributed by atoms with Gasteiger partial charge in [-0.05, 0) is 57.2 Å². The molecule has 0 radical (unpaired) electrons. The number of likely N-dealkylation sites (tertiary alicyclic amines) is 1. The van der Waals surface area contributed by atoms with Crippen molar-refractivity contribution in [2.45, 2.75) is 19.0 Å². The van der Waals surface area contributed by atoms with Crippen molar-refractivity contribution < 1.29 is 22.8 Å². The Kier molecular flexibility index (Phi) is 6.12. The molecule has 0 aliphatic carbocycles. The minimum absolute atomic E-state index is 0.0233. The van der Waals surface area contributed by atoms with Crippen LogP contribution in [0.2, 0.25) is 0 Å². The van der Waals surface area contributed by atoms with Crippen LogP contribution < -0.4 is 10.2 Å².